The summed E-state index contributed by atoms with van der Waals surface area (Å²) < 4.78 is 43.1. The van der Waals surface area contributed by atoms with Crippen LogP contribution < -0.4 is 4.74 Å². The van der Waals surface area contributed by atoms with E-state index in [2.05, 4.69) is 4.74 Å². The number of alkyl halides is 3. The van der Waals surface area contributed by atoms with Crippen LogP contribution in [0.15, 0.2) is 60.8 Å². The van der Waals surface area contributed by atoms with Crippen molar-refractivity contribution in [1.29, 1.82) is 0 Å². The van der Waals surface area contributed by atoms with E-state index < -0.39 is 25.1 Å². The number of para-hydroxylation sites is 1. The van der Waals surface area contributed by atoms with Crippen LogP contribution in [0.4, 0.5) is 13.2 Å². The predicted molar refractivity (Wildman–Crippen MR) is 86.3 cm³/mol. The van der Waals surface area contributed by atoms with E-state index in [4.69, 9.17) is 0 Å². The van der Waals surface area contributed by atoms with Gasteiger partial charge in [0.05, 0.1) is 12.6 Å². The Morgan fingerprint density at radius 2 is 1.80 bits per heavy atom. The molecular weight excluding hydrogens is 335 g/mol. The highest BCUT2D eigenvalue weighted by Crippen LogP contribution is 2.31. The first-order valence-corrected chi connectivity index (χ1v) is 7.59. The van der Waals surface area contributed by atoms with Gasteiger partial charge < -0.3 is 19.5 Å². The first-order valence-electron chi connectivity index (χ1n) is 7.59. The van der Waals surface area contributed by atoms with Crippen LogP contribution in [0.25, 0.3) is 10.9 Å². The van der Waals surface area contributed by atoms with Gasteiger partial charge in [-0.05, 0) is 35.2 Å². The molecule has 0 saturated heterocycles. The van der Waals surface area contributed by atoms with E-state index in [-0.39, 0.29) is 5.75 Å². The summed E-state index contributed by atoms with van der Waals surface area (Å²) in [6, 6.07) is 13.9. The highest BCUT2D eigenvalue weighted by Gasteiger charge is 2.32. The Labute approximate surface area is 141 Å². The molecule has 0 bridgehead atoms. The summed E-state index contributed by atoms with van der Waals surface area (Å²) in [6.45, 7) is -0.540. The molecule has 0 spiro atoms. The average molecular weight is 351 g/mol. The van der Waals surface area contributed by atoms with Crippen LogP contribution in [0.1, 0.15) is 11.6 Å². The molecule has 0 aliphatic carbocycles. The van der Waals surface area contributed by atoms with Crippen molar-refractivity contribution in [2.45, 2.75) is 18.5 Å². The zero-order chi connectivity index (χ0) is 18.0. The fraction of sp³-hybridized carbons (Fsp3) is 0.222. The first-order chi connectivity index (χ1) is 11.9. The van der Waals surface area contributed by atoms with E-state index in [1.807, 2.05) is 30.3 Å². The van der Waals surface area contributed by atoms with Gasteiger partial charge in [-0.3, -0.25) is 0 Å². The Morgan fingerprint density at radius 3 is 2.52 bits per heavy atom. The van der Waals surface area contributed by atoms with Crippen molar-refractivity contribution in [3.8, 4) is 5.75 Å². The van der Waals surface area contributed by atoms with Gasteiger partial charge in [0.15, 0.2) is 0 Å². The smallest absolute Gasteiger partial charge is 0.406 e. The minimum Gasteiger partial charge on any atom is -0.406 e. The van der Waals surface area contributed by atoms with Crippen LogP contribution in [-0.4, -0.2) is 33.9 Å². The van der Waals surface area contributed by atoms with Gasteiger partial charge in [0.25, 0.3) is 0 Å². The topological polar surface area (TPSA) is 54.6 Å². The average Bonchev–Trinajstić information content (AvgIpc) is 2.98. The molecule has 1 heterocycles. The lowest BCUT2D eigenvalue weighted by Gasteiger charge is -2.25. The highest BCUT2D eigenvalue weighted by molar-refractivity contribution is 5.80. The van der Waals surface area contributed by atoms with Crippen LogP contribution in [0.5, 0.6) is 5.75 Å². The van der Waals surface area contributed by atoms with Gasteiger partial charge in [0.2, 0.25) is 0 Å². The molecule has 7 heteroatoms. The Bertz CT molecular complexity index is 860. The number of fused-ring (bicyclic) bond motifs is 1. The standard InChI is InChI=1S/C18H16F3NO3/c19-18(20,21)25-14-6-3-5-13(10-14)17(16(24)11-23)22-9-8-12-4-1-2-7-15(12)22/h1-10,16-17,23-24H,11H2/t16-,17+/m1/s1. The quantitative estimate of drug-likeness (QED) is 0.740. The van der Waals surface area contributed by atoms with E-state index in [9.17, 15) is 23.4 Å². The zero-order valence-electron chi connectivity index (χ0n) is 13.0. The number of ether oxygens (including phenoxy) is 1. The molecule has 0 fully saturated rings. The maximum atomic E-state index is 12.5. The fourth-order valence-electron chi connectivity index (χ4n) is 2.91. The molecule has 2 N–H and O–H groups in total. The van der Waals surface area contributed by atoms with Crippen molar-refractivity contribution >= 4 is 10.9 Å². The highest BCUT2D eigenvalue weighted by atomic mass is 19.4. The Balaban J connectivity index is 2.07. The molecule has 2 atom stereocenters. The first kappa shape index (κ1) is 17.3. The number of nitrogens with zero attached hydrogens (tertiary/aromatic N) is 1. The van der Waals surface area contributed by atoms with Crippen LogP contribution in [0.2, 0.25) is 0 Å². The number of rotatable bonds is 5. The van der Waals surface area contributed by atoms with E-state index in [0.29, 0.717) is 5.56 Å². The van der Waals surface area contributed by atoms with E-state index in [0.717, 1.165) is 10.9 Å². The van der Waals surface area contributed by atoms with Crippen LogP contribution >= 0.6 is 0 Å². The lowest BCUT2D eigenvalue weighted by atomic mass is 10.0. The van der Waals surface area contributed by atoms with Gasteiger partial charge in [-0.1, -0.05) is 30.3 Å². The number of aromatic nitrogens is 1. The Hall–Kier alpha value is -2.51. The molecule has 3 aromatic rings. The molecule has 0 aliphatic rings. The molecule has 0 saturated carbocycles. The van der Waals surface area contributed by atoms with Gasteiger partial charge in [0.1, 0.15) is 11.9 Å². The van der Waals surface area contributed by atoms with Crippen molar-refractivity contribution in [1.82, 2.24) is 4.57 Å². The molecule has 0 amide bonds. The van der Waals surface area contributed by atoms with Crippen LogP contribution in [0.3, 0.4) is 0 Å². The van der Waals surface area contributed by atoms with E-state index >= 15 is 0 Å². The Morgan fingerprint density at radius 1 is 1.04 bits per heavy atom. The lowest BCUT2D eigenvalue weighted by Crippen LogP contribution is -2.28. The molecule has 4 nitrogen and oxygen atoms in total. The molecule has 1 aromatic heterocycles. The molecule has 0 aliphatic heterocycles. The minimum atomic E-state index is -4.80. The summed E-state index contributed by atoms with van der Waals surface area (Å²) in [5.74, 6) is -0.378. The zero-order valence-corrected chi connectivity index (χ0v) is 13.0. The number of aliphatic hydroxyl groups excluding tert-OH is 2. The third-order valence-electron chi connectivity index (χ3n) is 3.91. The third kappa shape index (κ3) is 3.78. The van der Waals surface area contributed by atoms with Gasteiger partial charge in [0, 0.05) is 11.7 Å². The number of hydrogen-bond donors (Lipinski definition) is 2. The summed E-state index contributed by atoms with van der Waals surface area (Å²) in [4.78, 5) is 0. The number of benzene rings is 2. The number of halogens is 3. The van der Waals surface area contributed by atoms with Crippen molar-refractivity contribution in [2.24, 2.45) is 0 Å². The van der Waals surface area contributed by atoms with Gasteiger partial charge in [-0.2, -0.15) is 0 Å². The lowest BCUT2D eigenvalue weighted by molar-refractivity contribution is -0.274. The SMILES string of the molecule is OC[C@@H](O)[C@H](c1cccc(OC(F)(F)F)c1)n1ccc2ccccc21. The molecule has 0 unspecified atom stereocenters. The molecule has 0 radical (unpaired) electrons. The predicted octanol–water partition coefficient (Wildman–Crippen LogP) is 3.48. The summed E-state index contributed by atoms with van der Waals surface area (Å²) in [6.07, 6.45) is -4.27. The van der Waals surface area contributed by atoms with Crippen LogP contribution in [0, 0.1) is 0 Å². The number of hydrogen-bond acceptors (Lipinski definition) is 3. The van der Waals surface area contributed by atoms with Crippen LogP contribution in [-0.2, 0) is 0 Å². The minimum absolute atomic E-state index is 0.378. The van der Waals surface area contributed by atoms with E-state index in [1.54, 1.807) is 16.8 Å². The maximum Gasteiger partial charge on any atom is 0.573 e. The van der Waals surface area contributed by atoms with Gasteiger partial charge in [-0.25, -0.2) is 0 Å². The van der Waals surface area contributed by atoms with Gasteiger partial charge >= 0.3 is 6.36 Å². The van der Waals surface area contributed by atoms with Crippen molar-refractivity contribution in [3.63, 3.8) is 0 Å². The molecule has 132 valence electrons. The fourth-order valence-corrected chi connectivity index (χ4v) is 2.91. The normalized spacial score (nSPS) is 14.4. The second kappa shape index (κ2) is 6.78. The maximum absolute atomic E-state index is 12.5. The summed E-state index contributed by atoms with van der Waals surface area (Å²) in [7, 11) is 0. The summed E-state index contributed by atoms with van der Waals surface area (Å²) in [5, 5.41) is 20.6. The van der Waals surface area contributed by atoms with Crippen molar-refractivity contribution in [2.75, 3.05) is 6.61 Å². The number of aliphatic hydroxyl groups is 2. The summed E-state index contributed by atoms with van der Waals surface area (Å²) in [5.41, 5.74) is 1.19. The second-order valence-electron chi connectivity index (χ2n) is 5.60. The second-order valence-corrected chi connectivity index (χ2v) is 5.60. The summed E-state index contributed by atoms with van der Waals surface area (Å²) >= 11 is 0. The molecule has 25 heavy (non-hydrogen) atoms. The van der Waals surface area contributed by atoms with Crippen molar-refractivity contribution < 1.29 is 28.1 Å². The molecule has 2 aromatic carbocycles. The monoisotopic (exact) mass is 351 g/mol. The van der Waals surface area contributed by atoms with Crippen molar-refractivity contribution in [3.05, 3.63) is 66.4 Å². The van der Waals surface area contributed by atoms with Gasteiger partial charge in [-0.15, -0.1) is 13.2 Å². The Kier molecular flexibility index (Phi) is 4.69. The van der Waals surface area contributed by atoms with E-state index in [1.165, 1.54) is 18.2 Å². The largest absolute Gasteiger partial charge is 0.573 e. The third-order valence-corrected chi connectivity index (χ3v) is 3.91. The molecular formula is C18H16F3NO3. The molecule has 3 rings (SSSR count).